The lowest BCUT2D eigenvalue weighted by Crippen LogP contribution is -2.63. The number of alkyl halides is 1. The van der Waals surface area contributed by atoms with Crippen molar-refractivity contribution < 1.29 is 32.9 Å². The van der Waals surface area contributed by atoms with Crippen LogP contribution >= 0.6 is 0 Å². The van der Waals surface area contributed by atoms with Gasteiger partial charge in [0.1, 0.15) is 0 Å². The SMILES string of the molecule is CO[C@H]1OC[C@@H](OC(C)=O)[C@@H](OC(C)=O)[C@]1(F)CCn1ccc(=O)[nH]c1=O. The van der Waals surface area contributed by atoms with Crippen LogP contribution in [0.5, 0.6) is 0 Å². The number of methoxy groups -OCH3 is 1. The number of carbonyl (C=O) groups is 2. The normalized spacial score (nSPS) is 27.8. The van der Waals surface area contributed by atoms with Gasteiger partial charge in [-0.15, -0.1) is 0 Å². The van der Waals surface area contributed by atoms with Crippen molar-refractivity contribution in [2.75, 3.05) is 13.7 Å². The third-order valence-electron chi connectivity index (χ3n) is 4.07. The van der Waals surface area contributed by atoms with Crippen LogP contribution in [0.25, 0.3) is 0 Å². The second-order valence-corrected chi connectivity index (χ2v) is 6.06. The minimum absolute atomic E-state index is 0.181. The van der Waals surface area contributed by atoms with Gasteiger partial charge in [0.05, 0.1) is 6.61 Å². The third-order valence-corrected chi connectivity index (χ3v) is 4.07. The molecule has 0 unspecified atom stereocenters. The van der Waals surface area contributed by atoms with E-state index >= 15 is 4.39 Å². The molecule has 0 amide bonds. The van der Waals surface area contributed by atoms with Gasteiger partial charge in [-0.05, 0) is 0 Å². The van der Waals surface area contributed by atoms with E-state index in [9.17, 15) is 19.2 Å². The molecule has 4 atom stereocenters. The number of aromatic nitrogens is 2. The number of halogens is 1. The molecular weight excluding hydrogens is 367 g/mol. The molecule has 11 heteroatoms. The number of H-pyrrole nitrogens is 1. The average Bonchev–Trinajstić information content (AvgIpc) is 2.57. The number of ether oxygens (including phenoxy) is 4. The molecule has 0 spiro atoms. The number of esters is 2. The van der Waals surface area contributed by atoms with Crippen LogP contribution in [-0.2, 0) is 35.1 Å². The van der Waals surface area contributed by atoms with Gasteiger partial charge in [-0.25, -0.2) is 9.18 Å². The number of carbonyl (C=O) groups excluding carboxylic acids is 2. The summed E-state index contributed by atoms with van der Waals surface area (Å²) in [6, 6.07) is 1.11. The Morgan fingerprint density at radius 3 is 2.56 bits per heavy atom. The van der Waals surface area contributed by atoms with Crippen LogP contribution in [0.2, 0.25) is 0 Å². The predicted octanol–water partition coefficient (Wildman–Crippen LogP) is -0.499. The lowest BCUT2D eigenvalue weighted by atomic mass is 9.87. The van der Waals surface area contributed by atoms with E-state index < -0.39 is 47.4 Å². The zero-order valence-corrected chi connectivity index (χ0v) is 15.1. The highest BCUT2D eigenvalue weighted by molar-refractivity contribution is 5.67. The summed E-state index contributed by atoms with van der Waals surface area (Å²) < 4.78 is 37.5. The van der Waals surface area contributed by atoms with Gasteiger partial charge in [-0.1, -0.05) is 0 Å². The zero-order chi connectivity index (χ0) is 20.2. The Hall–Kier alpha value is -2.53. The molecule has 10 nitrogen and oxygen atoms in total. The molecule has 0 bridgehead atoms. The van der Waals surface area contributed by atoms with Gasteiger partial charge < -0.3 is 23.5 Å². The molecule has 1 N–H and O–H groups in total. The van der Waals surface area contributed by atoms with Crippen LogP contribution in [0.3, 0.4) is 0 Å². The Morgan fingerprint density at radius 2 is 2.00 bits per heavy atom. The van der Waals surface area contributed by atoms with Gasteiger partial charge >= 0.3 is 17.6 Å². The number of hydrogen-bond donors (Lipinski definition) is 1. The summed E-state index contributed by atoms with van der Waals surface area (Å²) >= 11 is 0. The monoisotopic (exact) mass is 388 g/mol. The molecule has 2 heterocycles. The first kappa shape index (κ1) is 20.8. The van der Waals surface area contributed by atoms with E-state index in [0.717, 1.165) is 24.5 Å². The Bertz CT molecular complexity index is 806. The van der Waals surface area contributed by atoms with E-state index in [2.05, 4.69) is 4.98 Å². The molecule has 27 heavy (non-hydrogen) atoms. The molecule has 2 rings (SSSR count). The molecule has 150 valence electrons. The second-order valence-electron chi connectivity index (χ2n) is 6.06. The maximum atomic E-state index is 16.0. The first-order valence-electron chi connectivity index (χ1n) is 8.15. The minimum Gasteiger partial charge on any atom is -0.456 e. The van der Waals surface area contributed by atoms with Crippen molar-refractivity contribution in [2.45, 2.75) is 51.0 Å². The molecule has 1 aliphatic heterocycles. The summed E-state index contributed by atoms with van der Waals surface area (Å²) in [4.78, 5) is 47.8. The summed E-state index contributed by atoms with van der Waals surface area (Å²) in [6.45, 7) is 1.81. The van der Waals surface area contributed by atoms with Crippen LogP contribution in [0, 0.1) is 0 Å². The maximum absolute atomic E-state index is 16.0. The number of aromatic amines is 1. The zero-order valence-electron chi connectivity index (χ0n) is 15.1. The fraction of sp³-hybridized carbons (Fsp3) is 0.625. The summed E-state index contributed by atoms with van der Waals surface area (Å²) in [5.41, 5.74) is -3.74. The summed E-state index contributed by atoms with van der Waals surface area (Å²) in [6.07, 6.45) is -3.29. The van der Waals surface area contributed by atoms with Crippen LogP contribution in [0.4, 0.5) is 4.39 Å². The smallest absolute Gasteiger partial charge is 0.328 e. The van der Waals surface area contributed by atoms with Gasteiger partial charge in [0.15, 0.2) is 18.5 Å². The second kappa shape index (κ2) is 8.44. The summed E-state index contributed by atoms with van der Waals surface area (Å²) in [5.74, 6) is -1.48. The van der Waals surface area contributed by atoms with Crippen molar-refractivity contribution in [3.63, 3.8) is 0 Å². The van der Waals surface area contributed by atoms with Crippen molar-refractivity contribution >= 4 is 11.9 Å². The number of hydrogen-bond acceptors (Lipinski definition) is 8. The number of nitrogens with zero attached hydrogens (tertiary/aromatic N) is 1. The minimum atomic E-state index is -2.42. The fourth-order valence-electron chi connectivity index (χ4n) is 2.95. The third kappa shape index (κ3) is 4.80. The Labute approximate surface area is 153 Å². The molecule has 1 saturated heterocycles. The van der Waals surface area contributed by atoms with Gasteiger partial charge in [-0.3, -0.25) is 19.4 Å². The largest absolute Gasteiger partial charge is 0.456 e. The molecule has 0 saturated carbocycles. The summed E-state index contributed by atoms with van der Waals surface area (Å²) in [5, 5.41) is 0. The highest BCUT2D eigenvalue weighted by Crippen LogP contribution is 2.37. The van der Waals surface area contributed by atoms with E-state index in [4.69, 9.17) is 18.9 Å². The molecule has 0 aliphatic carbocycles. The van der Waals surface area contributed by atoms with Crippen molar-refractivity contribution in [3.05, 3.63) is 33.1 Å². The first-order chi connectivity index (χ1) is 12.7. The lowest BCUT2D eigenvalue weighted by Gasteiger charge is -2.44. The summed E-state index contributed by atoms with van der Waals surface area (Å²) in [7, 11) is 1.21. The molecule has 1 fully saturated rings. The predicted molar refractivity (Wildman–Crippen MR) is 87.6 cm³/mol. The van der Waals surface area contributed by atoms with E-state index in [-0.39, 0.29) is 19.6 Å². The van der Waals surface area contributed by atoms with Crippen molar-refractivity contribution in [1.29, 1.82) is 0 Å². The number of nitrogens with one attached hydrogen (secondary N) is 1. The molecule has 0 aromatic carbocycles. The first-order valence-corrected chi connectivity index (χ1v) is 8.15. The highest BCUT2D eigenvalue weighted by atomic mass is 19.1. The molecular formula is C16H21FN2O8. The van der Waals surface area contributed by atoms with Crippen molar-refractivity contribution in [2.24, 2.45) is 0 Å². The molecule has 0 radical (unpaired) electrons. The van der Waals surface area contributed by atoms with E-state index in [1.165, 1.54) is 13.3 Å². The van der Waals surface area contributed by atoms with Crippen LogP contribution < -0.4 is 11.2 Å². The van der Waals surface area contributed by atoms with Crippen LogP contribution in [-0.4, -0.2) is 59.4 Å². The van der Waals surface area contributed by atoms with Gasteiger partial charge in [0, 0.05) is 46.2 Å². The quantitative estimate of drug-likeness (QED) is 0.647. The maximum Gasteiger partial charge on any atom is 0.328 e. The van der Waals surface area contributed by atoms with Crippen LogP contribution in [0.1, 0.15) is 20.3 Å². The van der Waals surface area contributed by atoms with E-state index in [1.54, 1.807) is 0 Å². The number of rotatable bonds is 6. The average molecular weight is 388 g/mol. The fourth-order valence-corrected chi connectivity index (χ4v) is 2.95. The topological polar surface area (TPSA) is 126 Å². The molecule has 1 aromatic rings. The van der Waals surface area contributed by atoms with E-state index in [1.807, 2.05) is 0 Å². The number of aryl methyl sites for hydroxylation is 1. The van der Waals surface area contributed by atoms with Gasteiger partial charge in [-0.2, -0.15) is 0 Å². The molecule has 1 aliphatic rings. The Morgan fingerprint density at radius 1 is 1.33 bits per heavy atom. The molecule has 1 aromatic heterocycles. The lowest BCUT2D eigenvalue weighted by molar-refractivity contribution is -0.293. The Kier molecular flexibility index (Phi) is 6.50. The van der Waals surface area contributed by atoms with Gasteiger partial charge in [0.2, 0.25) is 5.67 Å². The van der Waals surface area contributed by atoms with Crippen molar-refractivity contribution in [1.82, 2.24) is 9.55 Å². The van der Waals surface area contributed by atoms with E-state index in [0.29, 0.717) is 0 Å². The van der Waals surface area contributed by atoms with Crippen LogP contribution in [0.15, 0.2) is 21.9 Å². The highest BCUT2D eigenvalue weighted by Gasteiger charge is 2.57. The standard InChI is InChI=1S/C16H21FN2O8/c1-9(20)26-11-8-25-14(24-3)16(17,13(11)27-10(2)21)5-7-19-6-4-12(22)18-15(19)23/h4,6,11,13-14H,5,7-8H2,1-3H3,(H,18,22,23)/t11-,13-,14+,16-/m1/s1. The van der Waals surface area contributed by atoms with Crippen molar-refractivity contribution in [3.8, 4) is 0 Å². The Balaban J connectivity index is 2.33. The van der Waals surface area contributed by atoms with Gasteiger partial charge in [0.25, 0.3) is 5.56 Å².